The van der Waals surface area contributed by atoms with Crippen molar-refractivity contribution in [1.29, 1.82) is 0 Å². The van der Waals surface area contributed by atoms with E-state index in [4.69, 9.17) is 0 Å². The molecule has 0 N–H and O–H groups in total. The zero-order valence-electron chi connectivity index (χ0n) is 12.5. The fraction of sp³-hybridized carbons (Fsp3) is 0. The van der Waals surface area contributed by atoms with Crippen LogP contribution in [0.4, 0.5) is 0 Å². The monoisotopic (exact) mass is 294 g/mol. The van der Waals surface area contributed by atoms with Crippen LogP contribution in [0.15, 0.2) is 84.9 Å². The first kappa shape index (κ1) is 13.5. The Morgan fingerprint density at radius 2 is 1.00 bits per heavy atom. The van der Waals surface area contributed by atoms with Crippen molar-refractivity contribution in [2.75, 3.05) is 0 Å². The van der Waals surface area contributed by atoms with Gasteiger partial charge in [-0.25, -0.2) is 4.79 Å². The topological polar surface area (TPSA) is 17.1 Å². The Hall–Kier alpha value is -3.15. The van der Waals surface area contributed by atoms with E-state index in [2.05, 4.69) is 30.2 Å². The van der Waals surface area contributed by atoms with Crippen LogP contribution in [-0.4, -0.2) is 5.94 Å². The van der Waals surface area contributed by atoms with Gasteiger partial charge in [-0.3, -0.25) is 0 Å². The van der Waals surface area contributed by atoms with Gasteiger partial charge in [0.15, 0.2) is 0 Å². The van der Waals surface area contributed by atoms with Gasteiger partial charge in [0.1, 0.15) is 5.94 Å². The maximum Gasteiger partial charge on any atom is 0.133 e. The minimum absolute atomic E-state index is 0.599. The highest BCUT2D eigenvalue weighted by molar-refractivity contribution is 6.01. The van der Waals surface area contributed by atoms with E-state index in [1.807, 2.05) is 60.7 Å². The van der Waals surface area contributed by atoms with Crippen LogP contribution in [-0.2, 0) is 4.79 Å². The molecule has 108 valence electrons. The van der Waals surface area contributed by atoms with Gasteiger partial charge >= 0.3 is 0 Å². The molecule has 0 spiro atoms. The van der Waals surface area contributed by atoms with Gasteiger partial charge in [-0.15, -0.1) is 0 Å². The van der Waals surface area contributed by atoms with Crippen molar-refractivity contribution < 1.29 is 4.79 Å². The van der Waals surface area contributed by atoms with Crippen LogP contribution in [0.3, 0.4) is 0 Å². The molecule has 4 aromatic carbocycles. The van der Waals surface area contributed by atoms with Gasteiger partial charge in [0.05, 0.1) is 5.57 Å². The molecule has 0 saturated carbocycles. The molecule has 4 aromatic rings. The molecule has 0 amide bonds. The summed E-state index contributed by atoms with van der Waals surface area (Å²) in [5.41, 5.74) is 2.39. The Bertz CT molecular complexity index is 988. The second-order valence-corrected chi connectivity index (χ2v) is 5.60. The van der Waals surface area contributed by atoms with Crippen molar-refractivity contribution >= 4 is 33.1 Å². The van der Waals surface area contributed by atoms with Gasteiger partial charge in [0.25, 0.3) is 0 Å². The van der Waals surface area contributed by atoms with E-state index in [1.54, 1.807) is 0 Å². The zero-order valence-corrected chi connectivity index (χ0v) is 12.5. The van der Waals surface area contributed by atoms with Crippen molar-refractivity contribution in [1.82, 2.24) is 0 Å². The van der Waals surface area contributed by atoms with Crippen LogP contribution in [0, 0.1) is 0 Å². The smallest absolute Gasteiger partial charge is 0.133 e. The van der Waals surface area contributed by atoms with E-state index in [0.717, 1.165) is 21.9 Å². The molecular weight excluding hydrogens is 280 g/mol. The summed E-state index contributed by atoms with van der Waals surface area (Å²) in [6.07, 6.45) is 0. The number of hydrogen-bond acceptors (Lipinski definition) is 1. The summed E-state index contributed by atoms with van der Waals surface area (Å²) in [5, 5.41) is 4.58. The average Bonchev–Trinajstić information content (AvgIpc) is 2.62. The van der Waals surface area contributed by atoms with Crippen molar-refractivity contribution in [3.63, 3.8) is 0 Å². The second kappa shape index (κ2) is 5.57. The third-order valence-corrected chi connectivity index (χ3v) is 4.18. The summed E-state index contributed by atoms with van der Waals surface area (Å²) in [5.74, 6) is 2.13. The molecule has 0 aliphatic rings. The van der Waals surface area contributed by atoms with E-state index >= 15 is 0 Å². The number of carbonyl (C=O) groups excluding carboxylic acids is 1. The summed E-state index contributed by atoms with van der Waals surface area (Å²) in [4.78, 5) is 11.6. The van der Waals surface area contributed by atoms with Gasteiger partial charge in [0.2, 0.25) is 0 Å². The van der Waals surface area contributed by atoms with E-state index in [-0.39, 0.29) is 0 Å². The Kier molecular flexibility index (Phi) is 3.27. The third-order valence-electron chi connectivity index (χ3n) is 4.18. The molecule has 0 aliphatic carbocycles. The minimum atomic E-state index is 0.599. The highest BCUT2D eigenvalue weighted by Gasteiger charge is 2.08. The highest BCUT2D eigenvalue weighted by atomic mass is 16.1. The molecular formula is C22H14O. The average molecular weight is 294 g/mol. The van der Waals surface area contributed by atoms with Crippen LogP contribution < -0.4 is 0 Å². The van der Waals surface area contributed by atoms with Crippen LogP contribution >= 0.6 is 0 Å². The molecule has 0 unspecified atom stereocenters. The fourth-order valence-electron chi connectivity index (χ4n) is 2.97. The predicted octanol–water partition coefficient (Wildman–Crippen LogP) is 5.26. The number of benzene rings is 4. The molecule has 0 heterocycles. The summed E-state index contributed by atoms with van der Waals surface area (Å²) in [6.45, 7) is 0. The lowest BCUT2D eigenvalue weighted by molar-refractivity contribution is 0.569. The van der Waals surface area contributed by atoms with E-state index in [0.29, 0.717) is 5.57 Å². The lowest BCUT2D eigenvalue weighted by Crippen LogP contribution is -1.89. The summed E-state index contributed by atoms with van der Waals surface area (Å²) in [6, 6.07) is 28.4. The van der Waals surface area contributed by atoms with Crippen LogP contribution in [0.1, 0.15) is 11.1 Å². The normalized spacial score (nSPS) is 10.6. The molecule has 0 bridgehead atoms. The lowest BCUT2D eigenvalue weighted by atomic mass is 9.95. The van der Waals surface area contributed by atoms with Gasteiger partial charge in [-0.1, -0.05) is 72.8 Å². The van der Waals surface area contributed by atoms with E-state index in [1.165, 1.54) is 10.8 Å². The Labute approximate surface area is 134 Å². The molecule has 0 atom stereocenters. The molecule has 0 aliphatic heterocycles. The molecule has 23 heavy (non-hydrogen) atoms. The highest BCUT2D eigenvalue weighted by Crippen LogP contribution is 2.27. The Morgan fingerprint density at radius 3 is 1.43 bits per heavy atom. The maximum atomic E-state index is 11.6. The van der Waals surface area contributed by atoms with Crippen molar-refractivity contribution in [2.45, 2.75) is 0 Å². The SMILES string of the molecule is O=C=C(c1ccc2ccccc2c1)c1ccc2ccccc2c1. The molecule has 0 saturated heterocycles. The Morgan fingerprint density at radius 1 is 0.565 bits per heavy atom. The predicted molar refractivity (Wildman–Crippen MR) is 96.1 cm³/mol. The fourth-order valence-corrected chi connectivity index (χ4v) is 2.97. The molecule has 1 heteroatoms. The number of hydrogen-bond donors (Lipinski definition) is 0. The number of fused-ring (bicyclic) bond motifs is 2. The van der Waals surface area contributed by atoms with Gasteiger partial charge in [-0.05, 0) is 44.8 Å². The van der Waals surface area contributed by atoms with E-state index in [9.17, 15) is 4.79 Å². The summed E-state index contributed by atoms with van der Waals surface area (Å²) < 4.78 is 0. The van der Waals surface area contributed by atoms with Crippen molar-refractivity contribution in [3.05, 3.63) is 96.1 Å². The van der Waals surface area contributed by atoms with E-state index < -0.39 is 0 Å². The quantitative estimate of drug-likeness (QED) is 0.461. The first-order chi connectivity index (χ1) is 11.3. The number of rotatable bonds is 2. The van der Waals surface area contributed by atoms with Gasteiger partial charge < -0.3 is 0 Å². The molecule has 4 rings (SSSR count). The maximum absolute atomic E-state index is 11.6. The minimum Gasteiger partial charge on any atom is -0.233 e. The third kappa shape index (κ3) is 2.44. The first-order valence-electron chi connectivity index (χ1n) is 7.58. The summed E-state index contributed by atoms with van der Waals surface area (Å²) in [7, 11) is 0. The molecule has 1 nitrogen and oxygen atoms in total. The van der Waals surface area contributed by atoms with Crippen LogP contribution in [0.2, 0.25) is 0 Å². The second-order valence-electron chi connectivity index (χ2n) is 5.60. The van der Waals surface area contributed by atoms with Crippen molar-refractivity contribution in [3.8, 4) is 0 Å². The molecule has 0 fully saturated rings. The molecule has 0 aromatic heterocycles. The molecule has 0 radical (unpaired) electrons. The van der Waals surface area contributed by atoms with Crippen molar-refractivity contribution in [2.24, 2.45) is 0 Å². The standard InChI is InChI=1S/C22H14O/c23-15-22(20-11-9-16-5-1-3-7-18(16)13-20)21-12-10-17-6-2-4-8-19(17)14-21/h1-14H. The zero-order chi connectivity index (χ0) is 15.6. The Balaban J connectivity index is 1.87. The van der Waals surface area contributed by atoms with Crippen LogP contribution in [0.5, 0.6) is 0 Å². The first-order valence-corrected chi connectivity index (χ1v) is 7.58. The van der Waals surface area contributed by atoms with Crippen LogP contribution in [0.25, 0.3) is 27.1 Å². The summed E-state index contributed by atoms with van der Waals surface area (Å²) >= 11 is 0. The van der Waals surface area contributed by atoms with Gasteiger partial charge in [-0.2, -0.15) is 0 Å². The largest absolute Gasteiger partial charge is 0.233 e. The lowest BCUT2D eigenvalue weighted by Gasteiger charge is -2.07. The van der Waals surface area contributed by atoms with Gasteiger partial charge in [0, 0.05) is 0 Å².